The molecule has 6 rings (SSSR count). The normalized spacial score (nSPS) is 12.6. The number of benzene rings is 1. The zero-order valence-corrected chi connectivity index (χ0v) is 21.1. The molecule has 0 unspecified atom stereocenters. The van der Waals surface area contributed by atoms with Gasteiger partial charge in [-0.1, -0.05) is 0 Å². The molecule has 0 radical (unpaired) electrons. The summed E-state index contributed by atoms with van der Waals surface area (Å²) in [6.45, 7) is 8.61. The van der Waals surface area contributed by atoms with Gasteiger partial charge in [-0.2, -0.15) is 0 Å². The number of hydrogen-bond acceptors (Lipinski definition) is 7. The number of nitrogens with zero attached hydrogens (tertiary/aromatic N) is 6. The summed E-state index contributed by atoms with van der Waals surface area (Å²) in [6, 6.07) is 7.17. The van der Waals surface area contributed by atoms with Crippen LogP contribution in [-0.4, -0.2) is 35.9 Å². The molecule has 9 heteroatoms. The molecule has 1 aromatic carbocycles. The summed E-state index contributed by atoms with van der Waals surface area (Å²) in [6.07, 6.45) is 6.05. The zero-order valence-electron chi connectivity index (χ0n) is 21.1. The van der Waals surface area contributed by atoms with Crippen LogP contribution in [0.1, 0.15) is 34.0 Å². The predicted molar refractivity (Wildman–Crippen MR) is 139 cm³/mol. The van der Waals surface area contributed by atoms with Gasteiger partial charge in [-0.05, 0) is 52.0 Å². The zero-order chi connectivity index (χ0) is 25.7. The minimum absolute atomic E-state index is 0.260. The Balaban J connectivity index is 1.50. The summed E-state index contributed by atoms with van der Waals surface area (Å²) in [4.78, 5) is 23.1. The number of pyridine rings is 1. The number of anilines is 1. The second-order valence-corrected chi connectivity index (χ2v) is 9.26. The third kappa shape index (κ3) is 3.96. The standard InChI is InChI=1S/C28H26FN7O/c1-15-5-6-19(16(2)34-15)26-27-23(21-11-30-18(4)35-17(21)3)13-32-28(36(27)14-33-26)31-12-22-20-9-10-37-25(20)8-7-24(22)29/h5-8,11,13-14H,9-10,12H2,1-4H3,(H,31,32). The van der Waals surface area contributed by atoms with E-state index in [0.29, 0.717) is 30.4 Å². The van der Waals surface area contributed by atoms with E-state index >= 15 is 0 Å². The van der Waals surface area contributed by atoms with Crippen molar-refractivity contribution in [2.45, 2.75) is 40.7 Å². The van der Waals surface area contributed by atoms with Crippen LogP contribution in [0.3, 0.4) is 0 Å². The van der Waals surface area contributed by atoms with E-state index in [4.69, 9.17) is 14.7 Å². The summed E-state index contributed by atoms with van der Waals surface area (Å²) in [5.74, 6) is 1.74. The number of aromatic nitrogens is 6. The van der Waals surface area contributed by atoms with Crippen molar-refractivity contribution in [1.29, 1.82) is 0 Å². The molecule has 5 aromatic rings. The van der Waals surface area contributed by atoms with Gasteiger partial charge in [0.2, 0.25) is 5.95 Å². The van der Waals surface area contributed by atoms with E-state index in [9.17, 15) is 4.39 Å². The van der Waals surface area contributed by atoms with Crippen LogP contribution in [0.4, 0.5) is 10.3 Å². The molecule has 1 aliphatic rings. The van der Waals surface area contributed by atoms with Crippen LogP contribution in [-0.2, 0) is 13.0 Å². The fraction of sp³-hybridized carbons (Fsp3) is 0.250. The third-order valence-corrected chi connectivity index (χ3v) is 6.80. The first-order valence-electron chi connectivity index (χ1n) is 12.2. The molecule has 0 saturated carbocycles. The molecule has 0 spiro atoms. The Kier molecular flexibility index (Phi) is 5.55. The second kappa shape index (κ2) is 8.92. The van der Waals surface area contributed by atoms with Crippen molar-refractivity contribution in [3.05, 3.63) is 82.8 Å². The lowest BCUT2D eigenvalue weighted by molar-refractivity contribution is 0.356. The molecule has 0 bridgehead atoms. The van der Waals surface area contributed by atoms with Gasteiger partial charge in [-0.3, -0.25) is 9.38 Å². The molecule has 0 fully saturated rings. The molecule has 0 aliphatic carbocycles. The Labute approximate surface area is 213 Å². The minimum atomic E-state index is -0.260. The van der Waals surface area contributed by atoms with Crippen molar-refractivity contribution < 1.29 is 9.13 Å². The lowest BCUT2D eigenvalue weighted by atomic mass is 10.0. The monoisotopic (exact) mass is 495 g/mol. The number of halogens is 1. The van der Waals surface area contributed by atoms with E-state index in [1.54, 1.807) is 18.6 Å². The van der Waals surface area contributed by atoms with Gasteiger partial charge < -0.3 is 10.1 Å². The van der Waals surface area contributed by atoms with Gasteiger partial charge in [0, 0.05) is 70.3 Å². The van der Waals surface area contributed by atoms with Crippen LogP contribution in [0.2, 0.25) is 0 Å². The number of hydrogen-bond donors (Lipinski definition) is 1. The van der Waals surface area contributed by atoms with Gasteiger partial charge in [-0.15, -0.1) is 0 Å². The SMILES string of the molecule is Cc1ccc(-c2ncn3c(NCc4c(F)ccc5c4CCO5)ncc(-c4cnc(C)nc4C)c23)c(C)n1. The summed E-state index contributed by atoms with van der Waals surface area (Å²) in [5.41, 5.74) is 8.47. The molecule has 1 N–H and O–H groups in total. The van der Waals surface area contributed by atoms with Crippen LogP contribution < -0.4 is 10.1 Å². The molecule has 4 aromatic heterocycles. The molecular weight excluding hydrogens is 469 g/mol. The Hall–Kier alpha value is -4.40. The smallest absolute Gasteiger partial charge is 0.208 e. The maximum absolute atomic E-state index is 14.8. The first kappa shape index (κ1) is 23.0. The number of ether oxygens (including phenoxy) is 1. The average molecular weight is 496 g/mol. The lowest BCUT2D eigenvalue weighted by Crippen LogP contribution is -2.10. The highest BCUT2D eigenvalue weighted by atomic mass is 19.1. The minimum Gasteiger partial charge on any atom is -0.493 e. The van der Waals surface area contributed by atoms with Crippen LogP contribution in [0.5, 0.6) is 5.75 Å². The van der Waals surface area contributed by atoms with Crippen LogP contribution in [0.15, 0.2) is 43.0 Å². The summed E-state index contributed by atoms with van der Waals surface area (Å²) < 4.78 is 22.3. The number of imidazole rings is 1. The van der Waals surface area contributed by atoms with E-state index < -0.39 is 0 Å². The lowest BCUT2D eigenvalue weighted by Gasteiger charge is -2.15. The fourth-order valence-electron chi connectivity index (χ4n) is 5.00. The van der Waals surface area contributed by atoms with E-state index in [1.807, 2.05) is 50.4 Å². The van der Waals surface area contributed by atoms with Gasteiger partial charge in [0.25, 0.3) is 0 Å². The Bertz CT molecular complexity index is 1680. The quantitative estimate of drug-likeness (QED) is 0.360. The maximum Gasteiger partial charge on any atom is 0.208 e. The maximum atomic E-state index is 14.8. The van der Waals surface area contributed by atoms with E-state index in [2.05, 4.69) is 20.3 Å². The van der Waals surface area contributed by atoms with Crippen molar-refractivity contribution in [2.24, 2.45) is 0 Å². The number of nitrogens with one attached hydrogen (secondary N) is 1. The van der Waals surface area contributed by atoms with E-state index in [0.717, 1.165) is 56.3 Å². The van der Waals surface area contributed by atoms with Gasteiger partial charge in [-0.25, -0.2) is 24.3 Å². The topological polar surface area (TPSA) is 90.1 Å². The van der Waals surface area contributed by atoms with E-state index in [-0.39, 0.29) is 12.4 Å². The molecule has 0 amide bonds. The molecule has 0 saturated heterocycles. The summed E-state index contributed by atoms with van der Waals surface area (Å²) >= 11 is 0. The highest BCUT2D eigenvalue weighted by Crippen LogP contribution is 2.36. The van der Waals surface area contributed by atoms with Crippen LogP contribution in [0.25, 0.3) is 27.9 Å². The highest BCUT2D eigenvalue weighted by molar-refractivity contribution is 5.92. The molecule has 37 heavy (non-hydrogen) atoms. The van der Waals surface area contributed by atoms with Crippen LogP contribution in [0, 0.1) is 33.5 Å². The largest absolute Gasteiger partial charge is 0.493 e. The fourth-order valence-corrected chi connectivity index (χ4v) is 5.00. The molecule has 0 atom stereocenters. The molecular formula is C28H26FN7O. The molecule has 186 valence electrons. The number of aryl methyl sites for hydroxylation is 4. The Morgan fingerprint density at radius 2 is 1.73 bits per heavy atom. The first-order chi connectivity index (χ1) is 17.9. The molecule has 1 aliphatic heterocycles. The first-order valence-corrected chi connectivity index (χ1v) is 12.2. The van der Waals surface area contributed by atoms with Crippen molar-refractivity contribution in [3.8, 4) is 28.1 Å². The number of fused-ring (bicyclic) bond motifs is 2. The summed E-state index contributed by atoms with van der Waals surface area (Å²) in [7, 11) is 0. The highest BCUT2D eigenvalue weighted by Gasteiger charge is 2.22. The van der Waals surface area contributed by atoms with Crippen molar-refractivity contribution in [1.82, 2.24) is 29.3 Å². The predicted octanol–water partition coefficient (Wildman–Crippen LogP) is 5.17. The molecule has 8 nitrogen and oxygen atoms in total. The third-order valence-electron chi connectivity index (χ3n) is 6.80. The van der Waals surface area contributed by atoms with Gasteiger partial charge in [0.1, 0.15) is 23.7 Å². The van der Waals surface area contributed by atoms with Crippen molar-refractivity contribution in [3.63, 3.8) is 0 Å². The Morgan fingerprint density at radius 1 is 0.919 bits per heavy atom. The van der Waals surface area contributed by atoms with E-state index in [1.165, 1.54) is 6.07 Å². The van der Waals surface area contributed by atoms with Gasteiger partial charge >= 0.3 is 0 Å². The average Bonchev–Trinajstić information content (AvgIpc) is 3.52. The second-order valence-electron chi connectivity index (χ2n) is 9.26. The van der Waals surface area contributed by atoms with Gasteiger partial charge in [0.05, 0.1) is 17.8 Å². The van der Waals surface area contributed by atoms with Crippen LogP contribution >= 0.6 is 0 Å². The Morgan fingerprint density at radius 3 is 2.54 bits per heavy atom. The number of rotatable bonds is 5. The molecule has 5 heterocycles. The summed E-state index contributed by atoms with van der Waals surface area (Å²) in [5, 5.41) is 3.33. The van der Waals surface area contributed by atoms with Crippen molar-refractivity contribution in [2.75, 3.05) is 11.9 Å². The van der Waals surface area contributed by atoms with Crippen molar-refractivity contribution >= 4 is 11.5 Å². The van der Waals surface area contributed by atoms with Gasteiger partial charge in [0.15, 0.2) is 0 Å².